The first-order valence-electron chi connectivity index (χ1n) is 5.91. The Morgan fingerprint density at radius 2 is 1.95 bits per heavy atom. The molecule has 4 nitrogen and oxygen atoms in total. The molecule has 0 unspecified atom stereocenters. The molecule has 0 amide bonds. The van der Waals surface area contributed by atoms with Gasteiger partial charge >= 0.3 is 0 Å². The molecule has 4 heteroatoms. The molecule has 0 radical (unpaired) electrons. The topological polar surface area (TPSA) is 55.0 Å². The van der Waals surface area contributed by atoms with Gasteiger partial charge in [-0.3, -0.25) is 4.79 Å². The zero-order valence-corrected chi connectivity index (χ0v) is 10.4. The van der Waals surface area contributed by atoms with E-state index in [9.17, 15) is 4.79 Å². The molecule has 1 aromatic carbocycles. The molecule has 3 rings (SSSR count). The molecule has 0 saturated heterocycles. The van der Waals surface area contributed by atoms with E-state index in [1.807, 2.05) is 30.3 Å². The van der Waals surface area contributed by atoms with Crippen LogP contribution in [0.2, 0.25) is 0 Å². The van der Waals surface area contributed by atoms with Crippen LogP contribution in [0.4, 0.5) is 0 Å². The summed E-state index contributed by atoms with van der Waals surface area (Å²) in [5.41, 5.74) is 2.70. The smallest absolute Gasteiger partial charge is 0.279 e. The van der Waals surface area contributed by atoms with Crippen LogP contribution >= 0.6 is 0 Å². The summed E-state index contributed by atoms with van der Waals surface area (Å²) in [7, 11) is 1.62. The maximum absolute atomic E-state index is 11.9. The summed E-state index contributed by atoms with van der Waals surface area (Å²) in [5, 5.41) is 0. The lowest BCUT2D eigenvalue weighted by molar-refractivity contribution is 0.415. The zero-order chi connectivity index (χ0) is 13.2. The predicted octanol–water partition coefficient (Wildman–Crippen LogP) is 2.55. The minimum absolute atomic E-state index is 0.222. The van der Waals surface area contributed by atoms with E-state index in [1.165, 1.54) is 0 Å². The van der Waals surface area contributed by atoms with E-state index in [4.69, 9.17) is 4.74 Å². The molecule has 2 aliphatic heterocycles. The number of ether oxygens (including phenoxy) is 1. The van der Waals surface area contributed by atoms with Gasteiger partial charge in [-0.2, -0.15) is 0 Å². The van der Waals surface area contributed by atoms with Crippen molar-refractivity contribution in [2.75, 3.05) is 7.11 Å². The van der Waals surface area contributed by atoms with Gasteiger partial charge in [-0.05, 0) is 42.5 Å². The maximum atomic E-state index is 11.9. The molecule has 2 aliphatic rings. The van der Waals surface area contributed by atoms with Gasteiger partial charge < -0.3 is 9.72 Å². The summed E-state index contributed by atoms with van der Waals surface area (Å²) in [6.45, 7) is 0. The van der Waals surface area contributed by atoms with Crippen LogP contribution in [0.15, 0.2) is 53.5 Å². The molecule has 0 spiro atoms. The highest BCUT2D eigenvalue weighted by molar-refractivity contribution is 5.69. The Labute approximate surface area is 110 Å². The summed E-state index contributed by atoms with van der Waals surface area (Å²) >= 11 is 0. The Balaban J connectivity index is 2.15. The number of nitrogens with zero attached hydrogens (tertiary/aromatic N) is 1. The quantitative estimate of drug-likeness (QED) is 0.762. The van der Waals surface area contributed by atoms with Crippen molar-refractivity contribution in [2.24, 2.45) is 0 Å². The maximum Gasteiger partial charge on any atom is 0.279 e. The first-order chi connectivity index (χ1) is 9.28. The molecule has 0 aliphatic carbocycles. The minimum atomic E-state index is -0.222. The van der Waals surface area contributed by atoms with E-state index < -0.39 is 0 Å². The summed E-state index contributed by atoms with van der Waals surface area (Å²) < 4.78 is 5.11. The largest absolute Gasteiger partial charge is 0.497 e. The van der Waals surface area contributed by atoms with Gasteiger partial charge in [0.15, 0.2) is 0 Å². The number of hydrogen-bond donors (Lipinski definition) is 1. The molecule has 1 aromatic rings. The summed E-state index contributed by atoms with van der Waals surface area (Å²) in [5.74, 6) is 0.776. The van der Waals surface area contributed by atoms with Crippen molar-refractivity contribution in [3.63, 3.8) is 0 Å². The predicted molar refractivity (Wildman–Crippen MR) is 73.5 cm³/mol. The van der Waals surface area contributed by atoms with Crippen molar-refractivity contribution < 1.29 is 4.74 Å². The fourth-order valence-corrected chi connectivity index (χ4v) is 2.00. The van der Waals surface area contributed by atoms with E-state index >= 15 is 0 Å². The number of methoxy groups -OCH3 is 1. The Morgan fingerprint density at radius 1 is 1.16 bits per heavy atom. The fraction of sp³-hybridized carbons (Fsp3) is 0.0667. The molecule has 0 saturated carbocycles. The molecule has 0 bridgehead atoms. The van der Waals surface area contributed by atoms with Crippen LogP contribution in [-0.2, 0) is 0 Å². The van der Waals surface area contributed by atoms with Gasteiger partial charge in [-0.15, -0.1) is 0 Å². The first kappa shape index (κ1) is 11.5. The van der Waals surface area contributed by atoms with Crippen molar-refractivity contribution in [3.05, 3.63) is 59.0 Å². The average Bonchev–Trinajstić information content (AvgIpc) is 2.47. The van der Waals surface area contributed by atoms with Gasteiger partial charge in [0.25, 0.3) is 5.56 Å². The van der Waals surface area contributed by atoms with E-state index in [0.29, 0.717) is 11.3 Å². The number of pyridine rings is 2. The highest BCUT2D eigenvalue weighted by atomic mass is 16.5. The molecule has 0 fully saturated rings. The lowest BCUT2D eigenvalue weighted by Crippen LogP contribution is -2.11. The lowest BCUT2D eigenvalue weighted by Gasteiger charge is -2.07. The Bertz CT molecular complexity index is 732. The number of hydrogen-bond acceptors (Lipinski definition) is 3. The molecule has 19 heavy (non-hydrogen) atoms. The van der Waals surface area contributed by atoms with Gasteiger partial charge in [0, 0.05) is 11.8 Å². The van der Waals surface area contributed by atoms with Crippen LogP contribution in [0, 0.1) is 0 Å². The summed E-state index contributed by atoms with van der Waals surface area (Å²) in [4.78, 5) is 19.1. The van der Waals surface area contributed by atoms with E-state index in [1.54, 1.807) is 25.4 Å². The number of rotatable bonds is 2. The van der Waals surface area contributed by atoms with Gasteiger partial charge in [-0.1, -0.05) is 0 Å². The molecular weight excluding hydrogens is 240 g/mol. The number of aromatic nitrogens is 2. The average molecular weight is 252 g/mol. The van der Waals surface area contributed by atoms with Crippen LogP contribution in [-0.4, -0.2) is 17.1 Å². The second-order valence-corrected chi connectivity index (χ2v) is 4.17. The number of fused-ring (bicyclic) bond motifs is 1. The van der Waals surface area contributed by atoms with Gasteiger partial charge in [0.1, 0.15) is 5.75 Å². The second kappa shape index (κ2) is 4.57. The highest BCUT2D eigenvalue weighted by Gasteiger charge is 2.10. The van der Waals surface area contributed by atoms with Gasteiger partial charge in [0.2, 0.25) is 0 Å². The Morgan fingerprint density at radius 3 is 2.68 bits per heavy atom. The fourth-order valence-electron chi connectivity index (χ4n) is 2.00. The van der Waals surface area contributed by atoms with Crippen molar-refractivity contribution in [1.29, 1.82) is 0 Å². The molecular formula is C15H12N2O2. The van der Waals surface area contributed by atoms with Crippen LogP contribution in [0.5, 0.6) is 5.75 Å². The minimum Gasteiger partial charge on any atom is -0.497 e. The molecule has 0 atom stereocenters. The number of aromatic amines is 1. The third kappa shape index (κ3) is 2.08. The molecule has 1 N–H and O–H groups in total. The van der Waals surface area contributed by atoms with Crippen molar-refractivity contribution >= 4 is 0 Å². The van der Waals surface area contributed by atoms with Gasteiger partial charge in [0.05, 0.1) is 24.1 Å². The lowest BCUT2D eigenvalue weighted by atomic mass is 10.1. The van der Waals surface area contributed by atoms with Crippen LogP contribution < -0.4 is 10.3 Å². The zero-order valence-electron chi connectivity index (χ0n) is 10.4. The van der Waals surface area contributed by atoms with E-state index in [-0.39, 0.29) is 5.56 Å². The normalized spacial score (nSPS) is 10.6. The Kier molecular flexibility index (Phi) is 2.76. The standard InChI is InChI=1S/C15H12N2O2/c1-19-11-6-4-10(5-7-11)13-9-14-12(15(18)17-13)3-2-8-16-14/h2-9,16H,1H3. The number of H-pyrrole nitrogens is 1. The summed E-state index contributed by atoms with van der Waals surface area (Å²) in [6, 6.07) is 12.9. The van der Waals surface area contributed by atoms with Crippen molar-refractivity contribution in [2.45, 2.75) is 0 Å². The van der Waals surface area contributed by atoms with E-state index in [0.717, 1.165) is 17.0 Å². The third-order valence-electron chi connectivity index (χ3n) is 3.01. The first-order valence-corrected chi connectivity index (χ1v) is 5.91. The van der Waals surface area contributed by atoms with Crippen molar-refractivity contribution in [3.8, 4) is 28.3 Å². The number of benzene rings is 1. The Hall–Kier alpha value is -2.62. The SMILES string of the molecule is COc1ccc(-c2cc3[nH]cccc-3c(=O)n2)cc1. The van der Waals surface area contributed by atoms with E-state index in [2.05, 4.69) is 9.97 Å². The van der Waals surface area contributed by atoms with Crippen LogP contribution in [0.25, 0.3) is 22.5 Å². The third-order valence-corrected chi connectivity index (χ3v) is 3.01. The molecule has 94 valence electrons. The number of nitrogens with one attached hydrogen (secondary N) is 1. The van der Waals surface area contributed by atoms with Crippen molar-refractivity contribution in [1.82, 2.24) is 9.97 Å². The van der Waals surface area contributed by atoms with Gasteiger partial charge in [-0.25, -0.2) is 4.98 Å². The second-order valence-electron chi connectivity index (χ2n) is 4.17. The van der Waals surface area contributed by atoms with Crippen LogP contribution in [0.1, 0.15) is 0 Å². The van der Waals surface area contributed by atoms with Crippen LogP contribution in [0.3, 0.4) is 0 Å². The monoisotopic (exact) mass is 252 g/mol. The summed E-state index contributed by atoms with van der Waals surface area (Å²) in [6.07, 6.45) is 1.79. The molecule has 0 aromatic heterocycles. The molecule has 2 heterocycles. The highest BCUT2D eigenvalue weighted by Crippen LogP contribution is 2.23.